The number of hydrogen-bond donors (Lipinski definition) is 2. The zero-order chi connectivity index (χ0) is 8.97. The Morgan fingerprint density at radius 3 is 2.54 bits per heavy atom. The normalized spacial score (nSPS) is 11.9. The molecule has 0 spiro atoms. The molecular formula is C9H13BrClNO. The SMILES string of the molecule is Cl.N[C@H](CCO)c1ccccc1Br. The smallest absolute Gasteiger partial charge is 0.0449 e. The summed E-state index contributed by atoms with van der Waals surface area (Å²) in [6.45, 7) is 0.127. The van der Waals surface area contributed by atoms with E-state index in [1.54, 1.807) is 0 Å². The molecule has 1 atom stereocenters. The summed E-state index contributed by atoms with van der Waals surface area (Å²) in [5.41, 5.74) is 6.86. The van der Waals surface area contributed by atoms with Crippen molar-refractivity contribution in [2.45, 2.75) is 12.5 Å². The van der Waals surface area contributed by atoms with Gasteiger partial charge in [-0.2, -0.15) is 0 Å². The van der Waals surface area contributed by atoms with Gasteiger partial charge in [-0.25, -0.2) is 0 Å². The molecule has 74 valence electrons. The van der Waals surface area contributed by atoms with Crippen LogP contribution in [0.2, 0.25) is 0 Å². The first-order valence-corrected chi connectivity index (χ1v) is 4.66. The summed E-state index contributed by atoms with van der Waals surface area (Å²) in [4.78, 5) is 0. The molecule has 0 aromatic heterocycles. The second kappa shape index (κ2) is 6.38. The molecule has 0 saturated carbocycles. The molecule has 13 heavy (non-hydrogen) atoms. The van der Waals surface area contributed by atoms with Gasteiger partial charge >= 0.3 is 0 Å². The third-order valence-electron chi connectivity index (χ3n) is 1.74. The molecule has 0 amide bonds. The van der Waals surface area contributed by atoms with Crippen molar-refractivity contribution in [2.75, 3.05) is 6.61 Å². The van der Waals surface area contributed by atoms with Crippen LogP contribution >= 0.6 is 28.3 Å². The Balaban J connectivity index is 0.00000144. The number of hydrogen-bond acceptors (Lipinski definition) is 2. The van der Waals surface area contributed by atoms with Crippen molar-refractivity contribution >= 4 is 28.3 Å². The van der Waals surface area contributed by atoms with Gasteiger partial charge in [0.15, 0.2) is 0 Å². The molecule has 0 radical (unpaired) electrons. The van der Waals surface area contributed by atoms with E-state index in [0.717, 1.165) is 10.0 Å². The summed E-state index contributed by atoms with van der Waals surface area (Å²) >= 11 is 3.41. The van der Waals surface area contributed by atoms with Crippen LogP contribution in [0.4, 0.5) is 0 Å². The predicted octanol–water partition coefficient (Wildman–Crippen LogP) is 2.25. The topological polar surface area (TPSA) is 46.2 Å². The van der Waals surface area contributed by atoms with E-state index in [-0.39, 0.29) is 25.1 Å². The highest BCUT2D eigenvalue weighted by atomic mass is 79.9. The van der Waals surface area contributed by atoms with Crippen LogP contribution in [0.15, 0.2) is 28.7 Å². The average molecular weight is 267 g/mol. The van der Waals surface area contributed by atoms with Crippen molar-refractivity contribution in [3.63, 3.8) is 0 Å². The number of halogens is 2. The van der Waals surface area contributed by atoms with Gasteiger partial charge in [0, 0.05) is 17.1 Å². The minimum atomic E-state index is -0.0782. The quantitative estimate of drug-likeness (QED) is 0.881. The van der Waals surface area contributed by atoms with E-state index in [1.165, 1.54) is 0 Å². The van der Waals surface area contributed by atoms with E-state index >= 15 is 0 Å². The van der Waals surface area contributed by atoms with Crippen molar-refractivity contribution in [3.8, 4) is 0 Å². The first-order chi connectivity index (χ1) is 5.75. The van der Waals surface area contributed by atoms with Gasteiger partial charge in [0.05, 0.1) is 0 Å². The minimum Gasteiger partial charge on any atom is -0.396 e. The molecule has 1 rings (SSSR count). The number of aliphatic hydroxyl groups is 1. The molecular weight excluding hydrogens is 253 g/mol. The predicted molar refractivity (Wildman–Crippen MR) is 60.0 cm³/mol. The Hall–Kier alpha value is -0.0900. The van der Waals surface area contributed by atoms with Crippen LogP contribution in [0.1, 0.15) is 18.0 Å². The molecule has 3 N–H and O–H groups in total. The van der Waals surface area contributed by atoms with E-state index in [2.05, 4.69) is 15.9 Å². The molecule has 1 aromatic carbocycles. The van der Waals surface area contributed by atoms with E-state index in [1.807, 2.05) is 24.3 Å². The fourth-order valence-corrected chi connectivity index (χ4v) is 1.65. The molecule has 0 aliphatic heterocycles. The van der Waals surface area contributed by atoms with Crippen LogP contribution in [0, 0.1) is 0 Å². The first-order valence-electron chi connectivity index (χ1n) is 3.86. The Labute approximate surface area is 92.7 Å². The van der Waals surface area contributed by atoms with Gasteiger partial charge in [0.25, 0.3) is 0 Å². The summed E-state index contributed by atoms with van der Waals surface area (Å²) < 4.78 is 1.01. The van der Waals surface area contributed by atoms with E-state index < -0.39 is 0 Å². The molecule has 4 heteroatoms. The lowest BCUT2D eigenvalue weighted by molar-refractivity contribution is 0.276. The maximum atomic E-state index is 8.69. The molecule has 0 fully saturated rings. The van der Waals surface area contributed by atoms with Gasteiger partial charge in [-0.3, -0.25) is 0 Å². The van der Waals surface area contributed by atoms with Crippen molar-refractivity contribution in [2.24, 2.45) is 5.73 Å². The zero-order valence-corrected chi connectivity index (χ0v) is 9.51. The molecule has 0 saturated heterocycles. The molecule has 0 heterocycles. The summed E-state index contributed by atoms with van der Waals surface area (Å²) in [6, 6.07) is 7.72. The molecule has 0 aliphatic carbocycles. The Bertz CT molecular complexity index is 257. The minimum absolute atomic E-state index is 0. The van der Waals surface area contributed by atoms with Gasteiger partial charge < -0.3 is 10.8 Å². The standard InChI is InChI=1S/C9H12BrNO.ClH/c10-8-4-2-1-3-7(8)9(11)5-6-12;/h1-4,9,12H,5-6,11H2;1H/t9-;/m1./s1. The molecule has 1 aromatic rings. The lowest BCUT2D eigenvalue weighted by Crippen LogP contribution is -2.12. The van der Waals surface area contributed by atoms with E-state index in [0.29, 0.717) is 6.42 Å². The lowest BCUT2D eigenvalue weighted by Gasteiger charge is -2.11. The maximum Gasteiger partial charge on any atom is 0.0449 e. The summed E-state index contributed by atoms with van der Waals surface area (Å²) in [6.07, 6.45) is 0.600. The second-order valence-corrected chi connectivity index (χ2v) is 3.49. The third kappa shape index (κ3) is 3.65. The summed E-state index contributed by atoms with van der Waals surface area (Å²) in [5, 5.41) is 8.69. The highest BCUT2D eigenvalue weighted by Crippen LogP contribution is 2.22. The summed E-state index contributed by atoms with van der Waals surface area (Å²) in [5.74, 6) is 0. The van der Waals surface area contributed by atoms with Crippen molar-refractivity contribution < 1.29 is 5.11 Å². The number of benzene rings is 1. The van der Waals surface area contributed by atoms with Crippen LogP contribution in [0.3, 0.4) is 0 Å². The largest absolute Gasteiger partial charge is 0.396 e. The number of nitrogens with two attached hydrogens (primary N) is 1. The molecule has 0 bridgehead atoms. The second-order valence-electron chi connectivity index (χ2n) is 2.64. The van der Waals surface area contributed by atoms with E-state index in [9.17, 15) is 0 Å². The lowest BCUT2D eigenvalue weighted by atomic mass is 10.1. The van der Waals surface area contributed by atoms with Gasteiger partial charge in [-0.15, -0.1) is 12.4 Å². The van der Waals surface area contributed by atoms with Gasteiger partial charge in [-0.05, 0) is 18.1 Å². The van der Waals surface area contributed by atoms with Gasteiger partial charge in [0.2, 0.25) is 0 Å². The molecule has 0 aliphatic rings. The monoisotopic (exact) mass is 265 g/mol. The van der Waals surface area contributed by atoms with Crippen LogP contribution in [0.5, 0.6) is 0 Å². The fourth-order valence-electron chi connectivity index (χ4n) is 1.07. The van der Waals surface area contributed by atoms with Crippen LogP contribution < -0.4 is 5.73 Å². The van der Waals surface area contributed by atoms with Crippen LogP contribution in [-0.4, -0.2) is 11.7 Å². The number of aliphatic hydroxyl groups excluding tert-OH is 1. The Morgan fingerprint density at radius 1 is 1.38 bits per heavy atom. The van der Waals surface area contributed by atoms with Crippen LogP contribution in [0.25, 0.3) is 0 Å². The van der Waals surface area contributed by atoms with Gasteiger partial charge in [-0.1, -0.05) is 34.1 Å². The van der Waals surface area contributed by atoms with Crippen molar-refractivity contribution in [3.05, 3.63) is 34.3 Å². The summed E-state index contributed by atoms with van der Waals surface area (Å²) in [7, 11) is 0. The van der Waals surface area contributed by atoms with E-state index in [4.69, 9.17) is 10.8 Å². The number of rotatable bonds is 3. The van der Waals surface area contributed by atoms with Gasteiger partial charge in [0.1, 0.15) is 0 Å². The Kier molecular flexibility index (Phi) is 6.33. The first kappa shape index (κ1) is 12.9. The highest BCUT2D eigenvalue weighted by Gasteiger charge is 2.07. The Morgan fingerprint density at radius 2 is 2.00 bits per heavy atom. The van der Waals surface area contributed by atoms with Crippen molar-refractivity contribution in [1.29, 1.82) is 0 Å². The van der Waals surface area contributed by atoms with Crippen LogP contribution in [-0.2, 0) is 0 Å². The maximum absolute atomic E-state index is 8.69. The molecule has 0 unspecified atom stereocenters. The zero-order valence-electron chi connectivity index (χ0n) is 7.11. The molecule has 2 nitrogen and oxygen atoms in total. The fraction of sp³-hybridized carbons (Fsp3) is 0.333. The van der Waals surface area contributed by atoms with Crippen molar-refractivity contribution in [1.82, 2.24) is 0 Å². The average Bonchev–Trinajstić information content (AvgIpc) is 2.05. The highest BCUT2D eigenvalue weighted by molar-refractivity contribution is 9.10. The third-order valence-corrected chi connectivity index (χ3v) is 2.47.